The molecule has 0 bridgehead atoms. The van der Waals surface area contributed by atoms with Crippen molar-refractivity contribution in [1.82, 2.24) is 9.97 Å². The monoisotopic (exact) mass is 199 g/mol. The molecule has 0 N–H and O–H groups in total. The van der Waals surface area contributed by atoms with E-state index >= 15 is 0 Å². The highest BCUT2D eigenvalue weighted by atomic mass is 15.1. The van der Waals surface area contributed by atoms with E-state index in [0.29, 0.717) is 0 Å². The Balaban J connectivity index is 2.08. The summed E-state index contributed by atoms with van der Waals surface area (Å²) in [5.41, 5.74) is 2.31. The van der Waals surface area contributed by atoms with Gasteiger partial charge in [-0.3, -0.25) is 0 Å². The van der Waals surface area contributed by atoms with Gasteiger partial charge in [-0.2, -0.15) is 0 Å². The third kappa shape index (κ3) is 2.53. The minimum Gasteiger partial charge on any atom is -0.368 e. The molecule has 0 radical (unpaired) electrons. The lowest BCUT2D eigenvalue weighted by atomic mass is 10.2. The smallest absolute Gasteiger partial charge is 0.115 e. The Labute approximate surface area is 89.4 Å². The fourth-order valence-electron chi connectivity index (χ4n) is 1.44. The summed E-state index contributed by atoms with van der Waals surface area (Å²) < 4.78 is 0. The van der Waals surface area contributed by atoms with Crippen molar-refractivity contribution >= 4 is 5.69 Å². The second-order valence-corrected chi connectivity index (χ2v) is 3.44. The van der Waals surface area contributed by atoms with Crippen LogP contribution in [0.25, 0.3) is 0 Å². The first-order chi connectivity index (χ1) is 7.36. The number of hydrogen-bond donors (Lipinski definition) is 0. The van der Waals surface area contributed by atoms with E-state index in [4.69, 9.17) is 0 Å². The lowest BCUT2D eigenvalue weighted by Crippen LogP contribution is -2.16. The first-order valence-corrected chi connectivity index (χ1v) is 4.86. The standard InChI is InChI=1S/C12H13N3/c1-15(12-7-13-10-14-8-12)9-11-5-3-2-4-6-11/h2-8,10H,9H2,1H3. The maximum atomic E-state index is 3.99. The molecular weight excluding hydrogens is 186 g/mol. The van der Waals surface area contributed by atoms with Crippen LogP contribution in [0, 0.1) is 0 Å². The molecule has 2 rings (SSSR count). The molecule has 1 heterocycles. The fraction of sp³-hybridized carbons (Fsp3) is 0.167. The Morgan fingerprint density at radius 1 is 1.07 bits per heavy atom. The van der Waals surface area contributed by atoms with Gasteiger partial charge in [0.2, 0.25) is 0 Å². The fourth-order valence-corrected chi connectivity index (χ4v) is 1.44. The SMILES string of the molecule is CN(Cc1ccccc1)c1cncnc1. The maximum Gasteiger partial charge on any atom is 0.115 e. The average molecular weight is 199 g/mol. The summed E-state index contributed by atoms with van der Waals surface area (Å²) in [5, 5.41) is 0. The Hall–Kier alpha value is -1.90. The van der Waals surface area contributed by atoms with Crippen LogP contribution in [0.1, 0.15) is 5.56 Å². The van der Waals surface area contributed by atoms with Crippen LogP contribution >= 0.6 is 0 Å². The number of hydrogen-bond acceptors (Lipinski definition) is 3. The van der Waals surface area contributed by atoms with E-state index in [1.807, 2.05) is 37.6 Å². The van der Waals surface area contributed by atoms with Crippen LogP contribution in [0.3, 0.4) is 0 Å². The molecule has 15 heavy (non-hydrogen) atoms. The molecule has 76 valence electrons. The zero-order valence-corrected chi connectivity index (χ0v) is 8.67. The van der Waals surface area contributed by atoms with E-state index in [0.717, 1.165) is 12.2 Å². The van der Waals surface area contributed by atoms with Gasteiger partial charge in [-0.1, -0.05) is 30.3 Å². The normalized spacial score (nSPS) is 9.93. The predicted octanol–water partition coefficient (Wildman–Crippen LogP) is 2.11. The van der Waals surface area contributed by atoms with Gasteiger partial charge in [0.05, 0.1) is 18.1 Å². The molecule has 0 saturated carbocycles. The molecule has 0 aliphatic carbocycles. The predicted molar refractivity (Wildman–Crippen MR) is 60.6 cm³/mol. The van der Waals surface area contributed by atoms with Gasteiger partial charge < -0.3 is 4.90 Å². The summed E-state index contributed by atoms with van der Waals surface area (Å²) in [6.45, 7) is 0.869. The summed E-state index contributed by atoms with van der Waals surface area (Å²) in [6.07, 6.45) is 5.17. The maximum absolute atomic E-state index is 3.99. The van der Waals surface area contributed by atoms with Crippen LogP contribution in [0.5, 0.6) is 0 Å². The van der Waals surface area contributed by atoms with E-state index in [9.17, 15) is 0 Å². The van der Waals surface area contributed by atoms with Crippen LogP contribution in [0.4, 0.5) is 5.69 Å². The minimum atomic E-state index is 0.869. The molecule has 2 aromatic rings. The molecule has 0 saturated heterocycles. The van der Waals surface area contributed by atoms with E-state index in [1.165, 1.54) is 5.56 Å². The molecule has 0 unspecified atom stereocenters. The highest BCUT2D eigenvalue weighted by molar-refractivity contribution is 5.41. The topological polar surface area (TPSA) is 29.0 Å². The summed E-state index contributed by atoms with van der Waals surface area (Å²) >= 11 is 0. The van der Waals surface area contributed by atoms with Gasteiger partial charge >= 0.3 is 0 Å². The van der Waals surface area contributed by atoms with Crippen molar-refractivity contribution in [3.8, 4) is 0 Å². The van der Waals surface area contributed by atoms with Crippen molar-refractivity contribution in [2.24, 2.45) is 0 Å². The van der Waals surface area contributed by atoms with Gasteiger partial charge in [0.25, 0.3) is 0 Å². The molecule has 0 aliphatic rings. The summed E-state index contributed by atoms with van der Waals surface area (Å²) in [4.78, 5) is 10.1. The van der Waals surface area contributed by atoms with Gasteiger partial charge in [-0.05, 0) is 5.56 Å². The van der Waals surface area contributed by atoms with Crippen molar-refractivity contribution in [3.63, 3.8) is 0 Å². The number of anilines is 1. The zero-order chi connectivity index (χ0) is 10.5. The van der Waals surface area contributed by atoms with Crippen molar-refractivity contribution in [2.75, 3.05) is 11.9 Å². The first-order valence-electron chi connectivity index (χ1n) is 4.86. The van der Waals surface area contributed by atoms with Crippen LogP contribution in [0.15, 0.2) is 49.1 Å². The summed E-state index contributed by atoms with van der Waals surface area (Å²) in [7, 11) is 2.03. The molecule has 0 atom stereocenters. The Morgan fingerprint density at radius 3 is 2.40 bits per heavy atom. The third-order valence-corrected chi connectivity index (χ3v) is 2.25. The molecule has 3 heteroatoms. The van der Waals surface area contributed by atoms with E-state index in [-0.39, 0.29) is 0 Å². The lowest BCUT2D eigenvalue weighted by Gasteiger charge is -2.18. The second kappa shape index (κ2) is 4.55. The summed E-state index contributed by atoms with van der Waals surface area (Å²) in [6, 6.07) is 10.3. The van der Waals surface area contributed by atoms with E-state index < -0.39 is 0 Å². The summed E-state index contributed by atoms with van der Waals surface area (Å²) in [5.74, 6) is 0. The molecular formula is C12H13N3. The van der Waals surface area contributed by atoms with Crippen LogP contribution < -0.4 is 4.90 Å². The minimum absolute atomic E-state index is 0.869. The molecule has 1 aromatic heterocycles. The zero-order valence-electron chi connectivity index (χ0n) is 8.67. The van der Waals surface area contributed by atoms with Crippen molar-refractivity contribution < 1.29 is 0 Å². The Bertz CT molecular complexity index is 400. The quantitative estimate of drug-likeness (QED) is 0.758. The van der Waals surface area contributed by atoms with Gasteiger partial charge in [0.1, 0.15) is 6.33 Å². The molecule has 0 aliphatic heterocycles. The van der Waals surface area contributed by atoms with Gasteiger partial charge in [0.15, 0.2) is 0 Å². The molecule has 1 aromatic carbocycles. The lowest BCUT2D eigenvalue weighted by molar-refractivity contribution is 0.909. The van der Waals surface area contributed by atoms with E-state index in [2.05, 4.69) is 27.0 Å². The van der Waals surface area contributed by atoms with Crippen molar-refractivity contribution in [1.29, 1.82) is 0 Å². The second-order valence-electron chi connectivity index (χ2n) is 3.44. The van der Waals surface area contributed by atoms with Gasteiger partial charge in [-0.15, -0.1) is 0 Å². The number of aromatic nitrogens is 2. The molecule has 0 amide bonds. The highest BCUT2D eigenvalue weighted by Gasteiger charge is 2.01. The first kappa shape index (κ1) is 9.65. The highest BCUT2D eigenvalue weighted by Crippen LogP contribution is 2.11. The molecule has 3 nitrogen and oxygen atoms in total. The number of benzene rings is 1. The van der Waals surface area contributed by atoms with Crippen molar-refractivity contribution in [3.05, 3.63) is 54.6 Å². The van der Waals surface area contributed by atoms with Crippen molar-refractivity contribution in [2.45, 2.75) is 6.54 Å². The van der Waals surface area contributed by atoms with Crippen LogP contribution in [-0.2, 0) is 6.54 Å². The average Bonchev–Trinajstić information content (AvgIpc) is 2.31. The Morgan fingerprint density at radius 2 is 1.73 bits per heavy atom. The van der Waals surface area contributed by atoms with Gasteiger partial charge in [-0.25, -0.2) is 9.97 Å². The van der Waals surface area contributed by atoms with E-state index in [1.54, 1.807) is 6.33 Å². The molecule has 0 spiro atoms. The van der Waals surface area contributed by atoms with Gasteiger partial charge in [0, 0.05) is 13.6 Å². The number of rotatable bonds is 3. The number of nitrogens with zero attached hydrogens (tertiary/aromatic N) is 3. The Kier molecular flexibility index (Phi) is 2.93. The molecule has 0 fully saturated rings. The van der Waals surface area contributed by atoms with Crippen LogP contribution in [-0.4, -0.2) is 17.0 Å². The third-order valence-electron chi connectivity index (χ3n) is 2.25. The largest absolute Gasteiger partial charge is 0.368 e. The van der Waals surface area contributed by atoms with Crippen LogP contribution in [0.2, 0.25) is 0 Å².